The molecule has 0 radical (unpaired) electrons. The van der Waals surface area contributed by atoms with Gasteiger partial charge in [-0.25, -0.2) is 4.79 Å². The van der Waals surface area contributed by atoms with Crippen LogP contribution in [-0.2, 0) is 9.63 Å². The summed E-state index contributed by atoms with van der Waals surface area (Å²) in [6.45, 7) is 9.21. The molecule has 0 rings (SSSR count). The van der Waals surface area contributed by atoms with Crippen LogP contribution in [-0.4, -0.2) is 24.1 Å². The van der Waals surface area contributed by atoms with Crippen molar-refractivity contribution in [2.45, 2.75) is 78.1 Å². The maximum Gasteiger partial charge on any atom is 0.349 e. The standard InChI is InChI=1S/C17H33NO2/c1-4-7-8-9-10-11-12-13-14-15-16-18(6-3)20-17(19)5-2/h5H,2,4,6-16H2,1,3H3. The van der Waals surface area contributed by atoms with E-state index in [4.69, 9.17) is 4.84 Å². The van der Waals surface area contributed by atoms with E-state index >= 15 is 0 Å². The lowest BCUT2D eigenvalue weighted by atomic mass is 10.1. The largest absolute Gasteiger partial charge is 0.364 e. The van der Waals surface area contributed by atoms with E-state index in [0.29, 0.717) is 0 Å². The van der Waals surface area contributed by atoms with Crippen molar-refractivity contribution in [1.82, 2.24) is 5.06 Å². The first-order valence-corrected chi connectivity index (χ1v) is 8.33. The molecule has 0 unspecified atom stereocenters. The number of hydrogen-bond donors (Lipinski definition) is 0. The van der Waals surface area contributed by atoms with Gasteiger partial charge in [-0.15, -0.1) is 5.06 Å². The minimum atomic E-state index is -0.362. The van der Waals surface area contributed by atoms with Gasteiger partial charge in [-0.3, -0.25) is 0 Å². The predicted octanol–water partition coefficient (Wildman–Crippen LogP) is 4.87. The molecule has 0 aliphatic rings. The van der Waals surface area contributed by atoms with E-state index in [1.54, 1.807) is 5.06 Å². The summed E-state index contributed by atoms with van der Waals surface area (Å²) in [5, 5.41) is 1.72. The van der Waals surface area contributed by atoms with Crippen molar-refractivity contribution in [3.05, 3.63) is 12.7 Å². The quantitative estimate of drug-likeness (QED) is 0.259. The number of hydroxylamine groups is 2. The molecule has 0 amide bonds. The third-order valence-electron chi connectivity index (χ3n) is 3.50. The molecule has 3 heteroatoms. The highest BCUT2D eigenvalue weighted by atomic mass is 16.7. The predicted molar refractivity (Wildman–Crippen MR) is 85.4 cm³/mol. The smallest absolute Gasteiger partial charge is 0.349 e. The summed E-state index contributed by atoms with van der Waals surface area (Å²) >= 11 is 0. The Kier molecular flexibility index (Phi) is 14.0. The second-order valence-electron chi connectivity index (χ2n) is 5.32. The van der Waals surface area contributed by atoms with Crippen molar-refractivity contribution in [2.75, 3.05) is 13.1 Å². The van der Waals surface area contributed by atoms with Crippen LogP contribution in [0.4, 0.5) is 0 Å². The molecule has 0 aromatic rings. The van der Waals surface area contributed by atoms with E-state index < -0.39 is 0 Å². The Balaban J connectivity index is 3.33. The zero-order chi connectivity index (χ0) is 15.1. The highest BCUT2D eigenvalue weighted by Gasteiger charge is 2.06. The molecule has 0 saturated heterocycles. The lowest BCUT2D eigenvalue weighted by molar-refractivity contribution is -0.183. The van der Waals surface area contributed by atoms with Crippen LogP contribution in [0.2, 0.25) is 0 Å². The molecule has 0 fully saturated rings. The molecule has 0 N–H and O–H groups in total. The number of rotatable bonds is 14. The van der Waals surface area contributed by atoms with Gasteiger partial charge in [0.25, 0.3) is 0 Å². The van der Waals surface area contributed by atoms with E-state index in [-0.39, 0.29) is 5.97 Å². The van der Waals surface area contributed by atoms with E-state index in [1.165, 1.54) is 63.9 Å². The SMILES string of the molecule is C=CC(=O)ON(CC)CCCCCCCCCCCC. The fourth-order valence-corrected chi connectivity index (χ4v) is 2.21. The third kappa shape index (κ3) is 12.2. The topological polar surface area (TPSA) is 29.5 Å². The van der Waals surface area contributed by atoms with Gasteiger partial charge in [0.15, 0.2) is 0 Å². The Labute approximate surface area is 125 Å². The fourth-order valence-electron chi connectivity index (χ4n) is 2.21. The zero-order valence-corrected chi connectivity index (χ0v) is 13.5. The Bertz CT molecular complexity index is 241. The maximum atomic E-state index is 11.1. The summed E-state index contributed by atoms with van der Waals surface area (Å²) in [7, 11) is 0. The van der Waals surface area contributed by atoms with Crippen molar-refractivity contribution in [3.63, 3.8) is 0 Å². The molecule has 0 saturated carbocycles. The summed E-state index contributed by atoms with van der Waals surface area (Å²) in [5.41, 5.74) is 0. The first kappa shape index (κ1) is 19.2. The highest BCUT2D eigenvalue weighted by Crippen LogP contribution is 2.10. The average Bonchev–Trinajstić information content (AvgIpc) is 2.47. The lowest BCUT2D eigenvalue weighted by Crippen LogP contribution is -2.27. The Morgan fingerprint density at radius 1 is 0.950 bits per heavy atom. The summed E-state index contributed by atoms with van der Waals surface area (Å²) in [5.74, 6) is -0.362. The molecule has 118 valence electrons. The molecule has 3 nitrogen and oxygen atoms in total. The summed E-state index contributed by atoms with van der Waals surface area (Å²) in [4.78, 5) is 16.2. The fraction of sp³-hybridized carbons (Fsp3) is 0.824. The van der Waals surface area contributed by atoms with Crippen molar-refractivity contribution in [3.8, 4) is 0 Å². The van der Waals surface area contributed by atoms with Gasteiger partial charge in [-0.05, 0) is 13.3 Å². The molecule has 0 atom stereocenters. The molecular weight excluding hydrogens is 250 g/mol. The normalized spacial score (nSPS) is 10.8. The molecule has 0 spiro atoms. The van der Waals surface area contributed by atoms with Crippen LogP contribution in [0.3, 0.4) is 0 Å². The second-order valence-corrected chi connectivity index (χ2v) is 5.32. The van der Waals surface area contributed by atoms with Crippen LogP contribution >= 0.6 is 0 Å². The Hall–Kier alpha value is -0.830. The zero-order valence-electron chi connectivity index (χ0n) is 13.5. The van der Waals surface area contributed by atoms with Crippen LogP contribution in [0.15, 0.2) is 12.7 Å². The summed E-state index contributed by atoms with van der Waals surface area (Å²) in [6, 6.07) is 0. The molecule has 0 aromatic carbocycles. The van der Waals surface area contributed by atoms with Gasteiger partial charge in [0, 0.05) is 19.2 Å². The van der Waals surface area contributed by atoms with Crippen molar-refractivity contribution in [2.24, 2.45) is 0 Å². The van der Waals surface area contributed by atoms with Gasteiger partial charge in [-0.2, -0.15) is 0 Å². The van der Waals surface area contributed by atoms with Crippen molar-refractivity contribution in [1.29, 1.82) is 0 Å². The third-order valence-corrected chi connectivity index (χ3v) is 3.50. The van der Waals surface area contributed by atoms with Gasteiger partial charge in [-0.1, -0.05) is 71.3 Å². The average molecular weight is 283 g/mol. The van der Waals surface area contributed by atoms with Gasteiger partial charge in [0.05, 0.1) is 0 Å². The minimum absolute atomic E-state index is 0.362. The first-order valence-electron chi connectivity index (χ1n) is 8.33. The van der Waals surface area contributed by atoms with Crippen LogP contribution < -0.4 is 0 Å². The molecule has 0 bridgehead atoms. The number of unbranched alkanes of at least 4 members (excludes halogenated alkanes) is 9. The van der Waals surface area contributed by atoms with Gasteiger partial charge < -0.3 is 4.84 Å². The molecule has 0 aliphatic heterocycles. The lowest BCUT2D eigenvalue weighted by Gasteiger charge is -2.18. The monoisotopic (exact) mass is 283 g/mol. The maximum absolute atomic E-state index is 11.1. The van der Waals surface area contributed by atoms with E-state index in [9.17, 15) is 4.79 Å². The Morgan fingerprint density at radius 2 is 1.45 bits per heavy atom. The van der Waals surface area contributed by atoms with Gasteiger partial charge >= 0.3 is 5.97 Å². The molecule has 0 aromatic heterocycles. The second kappa shape index (κ2) is 14.6. The van der Waals surface area contributed by atoms with Crippen LogP contribution in [0.1, 0.15) is 78.1 Å². The Morgan fingerprint density at radius 3 is 1.90 bits per heavy atom. The summed E-state index contributed by atoms with van der Waals surface area (Å²) in [6.07, 6.45) is 14.4. The van der Waals surface area contributed by atoms with E-state index in [1.807, 2.05) is 6.92 Å². The molecule has 0 aliphatic carbocycles. The van der Waals surface area contributed by atoms with Gasteiger partial charge in [0.2, 0.25) is 0 Å². The molecule has 20 heavy (non-hydrogen) atoms. The first-order chi connectivity index (χ1) is 9.74. The van der Waals surface area contributed by atoms with Crippen molar-refractivity contribution < 1.29 is 9.63 Å². The van der Waals surface area contributed by atoms with Crippen LogP contribution in [0.25, 0.3) is 0 Å². The number of hydrogen-bond acceptors (Lipinski definition) is 3. The minimum Gasteiger partial charge on any atom is -0.364 e. The highest BCUT2D eigenvalue weighted by molar-refractivity contribution is 5.80. The van der Waals surface area contributed by atoms with E-state index in [0.717, 1.165) is 19.5 Å². The molecule has 0 heterocycles. The number of carbonyl (C=O) groups excluding carboxylic acids is 1. The number of carbonyl (C=O) groups is 1. The van der Waals surface area contributed by atoms with Crippen LogP contribution in [0, 0.1) is 0 Å². The molecular formula is C17H33NO2. The van der Waals surface area contributed by atoms with Crippen molar-refractivity contribution >= 4 is 5.97 Å². The van der Waals surface area contributed by atoms with E-state index in [2.05, 4.69) is 13.5 Å². The summed E-state index contributed by atoms with van der Waals surface area (Å²) < 4.78 is 0. The number of nitrogens with zero attached hydrogens (tertiary/aromatic N) is 1. The van der Waals surface area contributed by atoms with Crippen LogP contribution in [0.5, 0.6) is 0 Å². The van der Waals surface area contributed by atoms with Gasteiger partial charge in [0.1, 0.15) is 0 Å².